The average Bonchev–Trinajstić information content (AvgIpc) is 2.80. The minimum atomic E-state index is -4.86. The summed E-state index contributed by atoms with van der Waals surface area (Å²) in [4.78, 5) is 11.8. The van der Waals surface area contributed by atoms with E-state index in [9.17, 15) is 27.5 Å². The van der Waals surface area contributed by atoms with Crippen molar-refractivity contribution in [3.63, 3.8) is 0 Å². The second-order valence-corrected chi connectivity index (χ2v) is 4.89. The number of nitrogens with one attached hydrogen (secondary N) is 2. The van der Waals surface area contributed by atoms with E-state index in [1.807, 2.05) is 0 Å². The number of halogens is 5. The van der Waals surface area contributed by atoms with Crippen LogP contribution in [0.4, 0.5) is 17.6 Å². The van der Waals surface area contributed by atoms with Gasteiger partial charge in [-0.1, -0.05) is 0 Å². The van der Waals surface area contributed by atoms with Crippen LogP contribution in [0.1, 0.15) is 15.9 Å². The van der Waals surface area contributed by atoms with Gasteiger partial charge in [-0.2, -0.15) is 13.2 Å². The second-order valence-electron chi connectivity index (χ2n) is 4.89. The Balaban J connectivity index is 0.00000242. The van der Waals surface area contributed by atoms with E-state index in [4.69, 9.17) is 0 Å². The van der Waals surface area contributed by atoms with Crippen LogP contribution < -0.4 is 10.6 Å². The zero-order valence-corrected chi connectivity index (χ0v) is 12.1. The fourth-order valence-corrected chi connectivity index (χ4v) is 2.14. The molecule has 22 heavy (non-hydrogen) atoms. The van der Waals surface area contributed by atoms with Gasteiger partial charge in [0, 0.05) is 31.1 Å². The first-order chi connectivity index (χ1) is 9.79. The molecule has 1 aromatic carbocycles. The van der Waals surface area contributed by atoms with Crippen LogP contribution in [0.15, 0.2) is 18.2 Å². The summed E-state index contributed by atoms with van der Waals surface area (Å²) in [5.74, 6) is -2.36. The Labute approximate surface area is 130 Å². The van der Waals surface area contributed by atoms with E-state index >= 15 is 0 Å². The third-order valence-corrected chi connectivity index (χ3v) is 3.36. The van der Waals surface area contributed by atoms with Crippen LogP contribution in [0.5, 0.6) is 0 Å². The van der Waals surface area contributed by atoms with Gasteiger partial charge in [0.05, 0.1) is 11.7 Å². The van der Waals surface area contributed by atoms with E-state index in [0.29, 0.717) is 25.2 Å². The molecule has 1 amide bonds. The van der Waals surface area contributed by atoms with Gasteiger partial charge in [-0.25, -0.2) is 4.39 Å². The Hall–Kier alpha value is -1.38. The molecule has 124 valence electrons. The minimum absolute atomic E-state index is 0. The van der Waals surface area contributed by atoms with E-state index in [1.165, 1.54) is 0 Å². The smallest absolute Gasteiger partial charge is 0.391 e. The molecular weight excluding hydrogens is 328 g/mol. The number of β-amino-alcohol motifs (C(OH)–C–C–N with tert-alkyl or cyclic N) is 1. The molecule has 1 fully saturated rings. The van der Waals surface area contributed by atoms with Crippen molar-refractivity contribution in [2.24, 2.45) is 5.92 Å². The molecule has 1 heterocycles. The van der Waals surface area contributed by atoms with Crippen molar-refractivity contribution < 1.29 is 27.5 Å². The number of carbonyl (C=O) groups excluding carboxylic acids is 1. The summed E-state index contributed by atoms with van der Waals surface area (Å²) >= 11 is 0. The van der Waals surface area contributed by atoms with E-state index in [1.54, 1.807) is 0 Å². The highest BCUT2D eigenvalue weighted by Crippen LogP contribution is 2.31. The summed E-state index contributed by atoms with van der Waals surface area (Å²) in [6, 6.07) is 2.08. The first-order valence-corrected chi connectivity index (χ1v) is 6.33. The molecule has 0 aromatic heterocycles. The lowest BCUT2D eigenvalue weighted by Gasteiger charge is -2.15. The van der Waals surface area contributed by atoms with E-state index in [2.05, 4.69) is 10.6 Å². The zero-order chi connectivity index (χ0) is 15.6. The molecule has 3 N–H and O–H groups in total. The van der Waals surface area contributed by atoms with Crippen LogP contribution in [0, 0.1) is 11.7 Å². The number of carbonyl (C=O) groups is 1. The molecular formula is C13H15ClF4N2O2. The van der Waals surface area contributed by atoms with Crippen molar-refractivity contribution in [1.29, 1.82) is 0 Å². The topological polar surface area (TPSA) is 61.4 Å². The van der Waals surface area contributed by atoms with Gasteiger partial charge in [-0.3, -0.25) is 4.79 Å². The standard InChI is InChI=1S/C13H14F4N2O2.ClH/c14-10-2-1-7(3-9(10)13(15,16)17)12(21)19-5-8-4-18-6-11(8)20;/h1-3,8,11,18,20H,4-6H2,(H,19,21);1H. The van der Waals surface area contributed by atoms with Crippen molar-refractivity contribution in [1.82, 2.24) is 10.6 Å². The van der Waals surface area contributed by atoms with Crippen molar-refractivity contribution in [3.05, 3.63) is 35.1 Å². The van der Waals surface area contributed by atoms with Gasteiger partial charge in [-0.05, 0) is 18.2 Å². The van der Waals surface area contributed by atoms with Gasteiger partial charge in [-0.15, -0.1) is 12.4 Å². The number of hydrogen-bond donors (Lipinski definition) is 3. The minimum Gasteiger partial charge on any atom is -0.391 e. The van der Waals surface area contributed by atoms with Crippen molar-refractivity contribution in [3.8, 4) is 0 Å². The molecule has 1 saturated heterocycles. The average molecular weight is 343 g/mol. The normalized spacial score (nSPS) is 21.3. The molecule has 1 aromatic rings. The Kier molecular flexibility index (Phi) is 6.16. The summed E-state index contributed by atoms with van der Waals surface area (Å²) in [6.07, 6.45) is -5.46. The maximum atomic E-state index is 13.1. The molecule has 0 bridgehead atoms. The molecule has 0 radical (unpaired) electrons. The maximum absolute atomic E-state index is 13.1. The highest BCUT2D eigenvalue weighted by Gasteiger charge is 2.34. The summed E-state index contributed by atoms with van der Waals surface area (Å²) in [5, 5.41) is 14.9. The van der Waals surface area contributed by atoms with Gasteiger partial charge in [0.15, 0.2) is 0 Å². The van der Waals surface area contributed by atoms with Gasteiger partial charge in [0.2, 0.25) is 0 Å². The molecule has 2 atom stereocenters. The van der Waals surface area contributed by atoms with Crippen LogP contribution in [0.2, 0.25) is 0 Å². The fourth-order valence-electron chi connectivity index (χ4n) is 2.14. The van der Waals surface area contributed by atoms with Gasteiger partial charge < -0.3 is 15.7 Å². The first-order valence-electron chi connectivity index (χ1n) is 6.33. The molecule has 2 unspecified atom stereocenters. The molecule has 9 heteroatoms. The highest BCUT2D eigenvalue weighted by atomic mass is 35.5. The van der Waals surface area contributed by atoms with E-state index < -0.39 is 29.6 Å². The summed E-state index contributed by atoms with van der Waals surface area (Å²) in [5.41, 5.74) is -1.75. The lowest BCUT2D eigenvalue weighted by Crippen LogP contribution is -2.34. The van der Waals surface area contributed by atoms with Crippen molar-refractivity contribution in [2.45, 2.75) is 12.3 Å². The van der Waals surface area contributed by atoms with Crippen LogP contribution in [0.3, 0.4) is 0 Å². The summed E-state index contributed by atoms with van der Waals surface area (Å²) in [7, 11) is 0. The first kappa shape index (κ1) is 18.7. The predicted octanol–water partition coefficient (Wildman–Crippen LogP) is 1.58. The third kappa shape index (κ3) is 4.31. The Bertz CT molecular complexity index is 539. The Morgan fingerprint density at radius 3 is 2.59 bits per heavy atom. The third-order valence-electron chi connectivity index (χ3n) is 3.36. The summed E-state index contributed by atoms with van der Waals surface area (Å²) in [6.45, 7) is 1.06. The van der Waals surface area contributed by atoms with Crippen LogP contribution in [0.25, 0.3) is 0 Å². The molecule has 1 aliphatic rings. The monoisotopic (exact) mass is 342 g/mol. The lowest BCUT2D eigenvalue weighted by atomic mass is 10.1. The van der Waals surface area contributed by atoms with Crippen LogP contribution in [-0.4, -0.2) is 36.8 Å². The van der Waals surface area contributed by atoms with Gasteiger partial charge in [0.1, 0.15) is 5.82 Å². The number of benzene rings is 1. The van der Waals surface area contributed by atoms with Gasteiger partial charge >= 0.3 is 6.18 Å². The summed E-state index contributed by atoms with van der Waals surface area (Å²) < 4.78 is 50.8. The number of hydrogen-bond acceptors (Lipinski definition) is 3. The molecule has 0 spiro atoms. The molecule has 0 aliphatic carbocycles. The van der Waals surface area contributed by atoms with Crippen molar-refractivity contribution in [2.75, 3.05) is 19.6 Å². The molecule has 4 nitrogen and oxygen atoms in total. The zero-order valence-electron chi connectivity index (χ0n) is 11.3. The fraction of sp³-hybridized carbons (Fsp3) is 0.462. The predicted molar refractivity (Wildman–Crippen MR) is 73.3 cm³/mol. The number of alkyl halides is 3. The lowest BCUT2D eigenvalue weighted by molar-refractivity contribution is -0.140. The van der Waals surface area contributed by atoms with E-state index in [0.717, 1.165) is 6.07 Å². The number of amides is 1. The Morgan fingerprint density at radius 2 is 2.05 bits per heavy atom. The van der Waals surface area contributed by atoms with E-state index in [-0.39, 0.29) is 30.4 Å². The molecule has 2 rings (SSSR count). The van der Waals surface area contributed by atoms with Gasteiger partial charge in [0.25, 0.3) is 5.91 Å². The SMILES string of the molecule is Cl.O=C(NCC1CNCC1O)c1ccc(F)c(C(F)(F)F)c1. The largest absolute Gasteiger partial charge is 0.419 e. The maximum Gasteiger partial charge on any atom is 0.419 e. The number of rotatable bonds is 3. The highest BCUT2D eigenvalue weighted by molar-refractivity contribution is 5.94. The van der Waals surface area contributed by atoms with Crippen LogP contribution in [-0.2, 0) is 6.18 Å². The molecule has 0 saturated carbocycles. The Morgan fingerprint density at radius 1 is 1.36 bits per heavy atom. The number of aliphatic hydroxyl groups is 1. The molecule has 1 aliphatic heterocycles. The quantitative estimate of drug-likeness (QED) is 0.731. The van der Waals surface area contributed by atoms with Crippen LogP contribution >= 0.6 is 12.4 Å². The van der Waals surface area contributed by atoms with Crippen molar-refractivity contribution >= 4 is 18.3 Å². The number of aliphatic hydroxyl groups excluding tert-OH is 1. The second kappa shape index (κ2) is 7.26.